The number of nitrogens with one attached hydrogen (secondary N) is 1. The van der Waals surface area contributed by atoms with Gasteiger partial charge in [0.15, 0.2) is 0 Å². The summed E-state index contributed by atoms with van der Waals surface area (Å²) in [4.78, 5) is 0. The predicted molar refractivity (Wildman–Crippen MR) is 55.2 cm³/mol. The van der Waals surface area contributed by atoms with E-state index in [-0.39, 0.29) is 0 Å². The molecule has 0 aromatic rings. The van der Waals surface area contributed by atoms with Crippen LogP contribution in [0.25, 0.3) is 0 Å². The molecule has 1 aliphatic rings. The standard InChI is InChI=1S/C8H17N3S/c1-2-10-12-8-9-11-6-4-3-5-7-11/h8,10H,2-7H2,1H3/b9-8+. The number of hydrogen-bond donors (Lipinski definition) is 1. The maximum atomic E-state index is 4.33. The van der Waals surface area contributed by atoms with E-state index in [2.05, 4.69) is 21.8 Å². The van der Waals surface area contributed by atoms with Gasteiger partial charge >= 0.3 is 0 Å². The van der Waals surface area contributed by atoms with Crippen molar-refractivity contribution in [3.63, 3.8) is 0 Å². The Labute approximate surface area is 78.7 Å². The van der Waals surface area contributed by atoms with Crippen LogP contribution < -0.4 is 4.72 Å². The molecule has 1 heterocycles. The summed E-state index contributed by atoms with van der Waals surface area (Å²) in [7, 11) is 0. The second-order valence-electron chi connectivity index (χ2n) is 2.85. The van der Waals surface area contributed by atoms with Crippen LogP contribution in [0.1, 0.15) is 26.2 Å². The summed E-state index contributed by atoms with van der Waals surface area (Å²) in [6.45, 7) is 5.32. The van der Waals surface area contributed by atoms with E-state index in [1.165, 1.54) is 19.3 Å². The van der Waals surface area contributed by atoms with Crippen LogP contribution >= 0.6 is 11.9 Å². The van der Waals surface area contributed by atoms with E-state index >= 15 is 0 Å². The van der Waals surface area contributed by atoms with Crippen molar-refractivity contribution in [1.29, 1.82) is 0 Å². The van der Waals surface area contributed by atoms with Crippen LogP contribution in [-0.4, -0.2) is 30.2 Å². The Hall–Kier alpha value is -0.220. The average molecular weight is 187 g/mol. The molecule has 1 aliphatic heterocycles. The minimum Gasteiger partial charge on any atom is -0.297 e. The second kappa shape index (κ2) is 6.31. The number of hydrazone groups is 1. The van der Waals surface area contributed by atoms with Gasteiger partial charge in [0.2, 0.25) is 0 Å². The largest absolute Gasteiger partial charge is 0.297 e. The van der Waals surface area contributed by atoms with Crippen LogP contribution in [0, 0.1) is 0 Å². The van der Waals surface area contributed by atoms with Crippen LogP contribution in [0.15, 0.2) is 5.10 Å². The maximum Gasteiger partial charge on any atom is 0.0951 e. The van der Waals surface area contributed by atoms with Crippen molar-refractivity contribution in [1.82, 2.24) is 9.73 Å². The van der Waals surface area contributed by atoms with Crippen LogP contribution in [-0.2, 0) is 0 Å². The van der Waals surface area contributed by atoms with Crippen LogP contribution in [0.5, 0.6) is 0 Å². The molecule has 0 aromatic heterocycles. The first-order chi connectivity index (χ1) is 5.93. The van der Waals surface area contributed by atoms with E-state index in [4.69, 9.17) is 0 Å². The van der Waals surface area contributed by atoms with E-state index in [9.17, 15) is 0 Å². The van der Waals surface area contributed by atoms with Crippen LogP contribution in [0.3, 0.4) is 0 Å². The molecule has 70 valence electrons. The number of hydrogen-bond acceptors (Lipinski definition) is 4. The predicted octanol–water partition coefficient (Wildman–Crippen LogP) is 1.67. The molecule has 12 heavy (non-hydrogen) atoms. The molecule has 1 saturated heterocycles. The molecule has 0 atom stereocenters. The lowest BCUT2D eigenvalue weighted by atomic mass is 10.2. The number of piperidine rings is 1. The second-order valence-corrected chi connectivity index (χ2v) is 3.59. The van der Waals surface area contributed by atoms with E-state index in [1.807, 2.05) is 5.55 Å². The van der Waals surface area contributed by atoms with Crippen molar-refractivity contribution in [2.24, 2.45) is 5.10 Å². The van der Waals surface area contributed by atoms with Crippen molar-refractivity contribution >= 4 is 17.5 Å². The summed E-state index contributed by atoms with van der Waals surface area (Å²) < 4.78 is 3.13. The van der Waals surface area contributed by atoms with Gasteiger partial charge in [-0.05, 0) is 31.2 Å². The third kappa shape index (κ3) is 3.97. The highest BCUT2D eigenvalue weighted by Gasteiger charge is 2.05. The Morgan fingerprint density at radius 3 is 2.83 bits per heavy atom. The molecule has 0 aliphatic carbocycles. The lowest BCUT2D eigenvalue weighted by Gasteiger charge is -2.22. The molecule has 1 N–H and O–H groups in total. The molecular formula is C8H17N3S. The molecular weight excluding hydrogens is 170 g/mol. The molecule has 0 spiro atoms. The van der Waals surface area contributed by atoms with E-state index in [0.29, 0.717) is 0 Å². The van der Waals surface area contributed by atoms with Crippen molar-refractivity contribution in [2.75, 3.05) is 19.6 Å². The summed E-state index contributed by atoms with van der Waals surface area (Å²) >= 11 is 1.56. The SMILES string of the molecule is CCNS/C=N/N1CCCCC1. The molecule has 0 amide bonds. The fourth-order valence-electron chi connectivity index (χ4n) is 1.20. The molecule has 0 saturated carbocycles. The molecule has 1 rings (SSSR count). The van der Waals surface area contributed by atoms with Gasteiger partial charge in [0.05, 0.1) is 5.55 Å². The lowest BCUT2D eigenvalue weighted by Crippen LogP contribution is -2.24. The molecule has 0 bridgehead atoms. The molecule has 4 heteroatoms. The number of nitrogens with zero attached hydrogens (tertiary/aromatic N) is 2. The maximum absolute atomic E-state index is 4.33. The lowest BCUT2D eigenvalue weighted by molar-refractivity contribution is 0.241. The Kier molecular flexibility index (Phi) is 5.19. The molecule has 3 nitrogen and oxygen atoms in total. The van der Waals surface area contributed by atoms with Crippen LogP contribution in [0.2, 0.25) is 0 Å². The highest BCUT2D eigenvalue weighted by atomic mass is 32.2. The summed E-state index contributed by atoms with van der Waals surface area (Å²) in [5.74, 6) is 0. The van der Waals surface area contributed by atoms with Crippen molar-refractivity contribution in [2.45, 2.75) is 26.2 Å². The van der Waals surface area contributed by atoms with Gasteiger partial charge in [-0.2, -0.15) is 5.10 Å². The fraction of sp³-hybridized carbons (Fsp3) is 0.875. The van der Waals surface area contributed by atoms with Gasteiger partial charge in [-0.25, -0.2) is 0 Å². The summed E-state index contributed by atoms with van der Waals surface area (Å²) in [6.07, 6.45) is 3.96. The van der Waals surface area contributed by atoms with Crippen molar-refractivity contribution < 1.29 is 0 Å². The number of rotatable bonds is 4. The average Bonchev–Trinajstić information content (AvgIpc) is 2.14. The molecule has 1 fully saturated rings. The summed E-state index contributed by atoms with van der Waals surface area (Å²) in [6, 6.07) is 0. The Morgan fingerprint density at radius 1 is 1.42 bits per heavy atom. The molecule has 0 unspecified atom stereocenters. The van der Waals surface area contributed by atoms with Crippen molar-refractivity contribution in [3.8, 4) is 0 Å². The first kappa shape index (κ1) is 9.86. The minimum atomic E-state index is 0.983. The van der Waals surface area contributed by atoms with Gasteiger partial charge in [0.25, 0.3) is 0 Å². The third-order valence-corrected chi connectivity index (χ3v) is 2.48. The zero-order valence-electron chi connectivity index (χ0n) is 7.62. The van der Waals surface area contributed by atoms with Gasteiger partial charge in [0, 0.05) is 19.6 Å². The summed E-state index contributed by atoms with van der Waals surface area (Å²) in [5.41, 5.74) is 1.88. The zero-order valence-corrected chi connectivity index (χ0v) is 8.44. The van der Waals surface area contributed by atoms with E-state index in [0.717, 1.165) is 19.6 Å². The highest BCUT2D eigenvalue weighted by molar-refractivity contribution is 8.10. The molecule has 0 aromatic carbocycles. The van der Waals surface area contributed by atoms with Crippen molar-refractivity contribution in [3.05, 3.63) is 0 Å². The minimum absolute atomic E-state index is 0.983. The Morgan fingerprint density at radius 2 is 2.17 bits per heavy atom. The third-order valence-electron chi connectivity index (χ3n) is 1.82. The monoisotopic (exact) mass is 187 g/mol. The fourth-order valence-corrected chi connectivity index (χ4v) is 1.63. The Bertz CT molecular complexity index is 132. The highest BCUT2D eigenvalue weighted by Crippen LogP contribution is 2.08. The normalized spacial score (nSPS) is 18.9. The van der Waals surface area contributed by atoms with E-state index in [1.54, 1.807) is 11.9 Å². The van der Waals surface area contributed by atoms with Crippen LogP contribution in [0.4, 0.5) is 0 Å². The Balaban J connectivity index is 2.07. The smallest absolute Gasteiger partial charge is 0.0951 e. The van der Waals surface area contributed by atoms with Gasteiger partial charge in [0.1, 0.15) is 0 Å². The van der Waals surface area contributed by atoms with Gasteiger partial charge < -0.3 is 0 Å². The topological polar surface area (TPSA) is 27.6 Å². The first-order valence-electron chi connectivity index (χ1n) is 4.59. The first-order valence-corrected chi connectivity index (χ1v) is 5.47. The summed E-state index contributed by atoms with van der Waals surface area (Å²) in [5, 5.41) is 6.48. The van der Waals surface area contributed by atoms with E-state index < -0.39 is 0 Å². The zero-order chi connectivity index (χ0) is 8.65. The molecule has 0 radical (unpaired) electrons. The van der Waals surface area contributed by atoms with Gasteiger partial charge in [-0.3, -0.25) is 9.73 Å². The quantitative estimate of drug-likeness (QED) is 0.314. The van der Waals surface area contributed by atoms with Gasteiger partial charge in [-0.1, -0.05) is 6.92 Å². The van der Waals surface area contributed by atoms with Gasteiger partial charge in [-0.15, -0.1) is 0 Å².